The van der Waals surface area contributed by atoms with Gasteiger partial charge in [-0.2, -0.15) is 0 Å². The number of benzene rings is 3. The van der Waals surface area contributed by atoms with E-state index < -0.39 is 4.83 Å². The highest BCUT2D eigenvalue weighted by Gasteiger charge is 2.46. The minimum Gasteiger partial charge on any atom is -0.378 e. The summed E-state index contributed by atoms with van der Waals surface area (Å²) in [5, 5.41) is 0. The first-order valence-electron chi connectivity index (χ1n) is 12.9. The molecule has 6 heteroatoms. The van der Waals surface area contributed by atoms with E-state index in [0.29, 0.717) is 0 Å². The van der Waals surface area contributed by atoms with Crippen LogP contribution in [0.4, 0.5) is 5.69 Å². The maximum Gasteiger partial charge on any atom is 0.177 e. The SMILES string of the molecule is CCC(Cc1ccccc1)(C(c1ccc(N2CCOCC2)c(Br)c1)C(Br)C(=O)c1ccccc1)N(C)C. The molecule has 0 radical (unpaired) electrons. The quantitative estimate of drug-likeness (QED) is 0.180. The van der Waals surface area contributed by atoms with Crippen molar-refractivity contribution in [2.45, 2.75) is 36.0 Å². The van der Waals surface area contributed by atoms with Gasteiger partial charge >= 0.3 is 0 Å². The summed E-state index contributed by atoms with van der Waals surface area (Å²) >= 11 is 7.82. The van der Waals surface area contributed by atoms with Crippen LogP contribution in [0.25, 0.3) is 0 Å². The van der Waals surface area contributed by atoms with E-state index in [2.05, 4.69) is 111 Å². The minimum atomic E-state index is -0.401. The molecule has 0 spiro atoms. The van der Waals surface area contributed by atoms with Gasteiger partial charge in [0.1, 0.15) is 0 Å². The molecule has 3 aromatic rings. The van der Waals surface area contributed by atoms with E-state index >= 15 is 0 Å². The Labute approximate surface area is 238 Å². The molecule has 4 rings (SSSR count). The minimum absolute atomic E-state index is 0.101. The highest BCUT2D eigenvalue weighted by molar-refractivity contribution is 9.10. The Bertz CT molecular complexity index is 1170. The largest absolute Gasteiger partial charge is 0.378 e. The van der Waals surface area contributed by atoms with Gasteiger partial charge in [0.15, 0.2) is 5.78 Å². The standard InChI is InChI=1S/C31H36Br2N2O2/c1-4-31(34(2)3,22-23-11-7-5-8-12-23)28(29(33)30(36)24-13-9-6-10-14-24)25-15-16-27(26(32)21-25)35-17-19-37-20-18-35/h5-16,21,28-29H,4,17-20,22H2,1-3H3. The summed E-state index contributed by atoms with van der Waals surface area (Å²) < 4.78 is 6.61. The van der Waals surface area contributed by atoms with E-state index in [9.17, 15) is 4.79 Å². The second-order valence-electron chi connectivity index (χ2n) is 9.93. The molecule has 0 amide bonds. The number of alkyl halides is 1. The van der Waals surface area contributed by atoms with Crippen molar-refractivity contribution < 1.29 is 9.53 Å². The number of halogens is 2. The lowest BCUT2D eigenvalue weighted by Crippen LogP contribution is -2.54. The lowest BCUT2D eigenvalue weighted by molar-refractivity contribution is 0.0844. The van der Waals surface area contributed by atoms with Crippen molar-refractivity contribution in [1.29, 1.82) is 0 Å². The molecule has 196 valence electrons. The molecule has 3 atom stereocenters. The molecule has 0 aromatic heterocycles. The predicted molar refractivity (Wildman–Crippen MR) is 160 cm³/mol. The smallest absolute Gasteiger partial charge is 0.177 e. The molecule has 1 aliphatic heterocycles. The zero-order valence-electron chi connectivity index (χ0n) is 21.9. The lowest BCUT2D eigenvalue weighted by atomic mass is 9.70. The fourth-order valence-corrected chi connectivity index (χ4v) is 7.31. The zero-order valence-corrected chi connectivity index (χ0v) is 25.0. The number of carbonyl (C=O) groups is 1. The van der Waals surface area contributed by atoms with Crippen molar-refractivity contribution in [3.8, 4) is 0 Å². The van der Waals surface area contributed by atoms with Crippen LogP contribution in [-0.4, -0.2) is 61.4 Å². The molecule has 0 saturated carbocycles. The summed E-state index contributed by atoms with van der Waals surface area (Å²) in [4.78, 5) is 18.2. The molecule has 37 heavy (non-hydrogen) atoms. The van der Waals surface area contributed by atoms with E-state index in [1.807, 2.05) is 30.3 Å². The molecule has 0 aliphatic carbocycles. The maximum absolute atomic E-state index is 13.9. The molecule has 1 heterocycles. The number of hydrogen-bond donors (Lipinski definition) is 0. The van der Waals surface area contributed by atoms with Gasteiger partial charge in [-0.25, -0.2) is 0 Å². The number of rotatable bonds is 10. The fourth-order valence-electron chi connectivity index (χ4n) is 5.60. The lowest BCUT2D eigenvalue weighted by Gasteiger charge is -2.48. The predicted octanol–water partition coefficient (Wildman–Crippen LogP) is 6.97. The summed E-state index contributed by atoms with van der Waals surface area (Å²) in [7, 11) is 4.28. The Morgan fingerprint density at radius 3 is 2.19 bits per heavy atom. The number of anilines is 1. The van der Waals surface area contributed by atoms with Crippen molar-refractivity contribution in [2.24, 2.45) is 0 Å². The second-order valence-corrected chi connectivity index (χ2v) is 11.8. The molecule has 1 saturated heterocycles. The number of ether oxygens (including phenoxy) is 1. The number of nitrogens with zero attached hydrogens (tertiary/aromatic N) is 2. The van der Waals surface area contributed by atoms with Crippen molar-refractivity contribution >= 4 is 43.3 Å². The zero-order chi connectivity index (χ0) is 26.4. The number of hydrogen-bond acceptors (Lipinski definition) is 4. The van der Waals surface area contributed by atoms with Crippen LogP contribution >= 0.6 is 31.9 Å². The fraction of sp³-hybridized carbons (Fsp3) is 0.387. The Morgan fingerprint density at radius 1 is 1.00 bits per heavy atom. The van der Waals surface area contributed by atoms with E-state index in [-0.39, 0.29) is 17.2 Å². The molecule has 3 aromatic carbocycles. The van der Waals surface area contributed by atoms with Crippen molar-refractivity contribution in [3.63, 3.8) is 0 Å². The third-order valence-corrected chi connectivity index (χ3v) is 9.30. The van der Waals surface area contributed by atoms with Crippen LogP contribution in [0.3, 0.4) is 0 Å². The summed E-state index contributed by atoms with van der Waals surface area (Å²) in [5.74, 6) is 0.00201. The van der Waals surface area contributed by atoms with Gasteiger partial charge in [-0.3, -0.25) is 4.79 Å². The van der Waals surface area contributed by atoms with E-state index in [4.69, 9.17) is 4.74 Å². The van der Waals surface area contributed by atoms with Crippen LogP contribution in [0.15, 0.2) is 83.3 Å². The van der Waals surface area contributed by atoms with Crippen LogP contribution in [0.2, 0.25) is 0 Å². The molecule has 1 fully saturated rings. The van der Waals surface area contributed by atoms with Crippen molar-refractivity contribution in [3.05, 3.63) is 100 Å². The second kappa shape index (κ2) is 12.7. The summed E-state index contributed by atoms with van der Waals surface area (Å²) in [6.07, 6.45) is 1.71. The molecule has 4 nitrogen and oxygen atoms in total. The molecular formula is C31H36Br2N2O2. The monoisotopic (exact) mass is 626 g/mol. The van der Waals surface area contributed by atoms with Crippen LogP contribution in [0, 0.1) is 0 Å². The van der Waals surface area contributed by atoms with Crippen LogP contribution < -0.4 is 4.90 Å². The molecule has 0 bridgehead atoms. The Kier molecular flexibility index (Phi) is 9.62. The number of Topliss-reactive ketones (excluding diaryl/α,β-unsaturated/α-hetero) is 1. The first kappa shape index (κ1) is 28.0. The first-order valence-corrected chi connectivity index (χ1v) is 14.6. The van der Waals surface area contributed by atoms with Gasteiger partial charge in [-0.15, -0.1) is 0 Å². The van der Waals surface area contributed by atoms with E-state index in [0.717, 1.165) is 54.7 Å². The van der Waals surface area contributed by atoms with Gasteiger partial charge < -0.3 is 14.5 Å². The van der Waals surface area contributed by atoms with Gasteiger partial charge in [-0.05, 0) is 66.1 Å². The first-order chi connectivity index (χ1) is 17.9. The Morgan fingerprint density at radius 2 is 1.62 bits per heavy atom. The Hall–Kier alpha value is -1.99. The van der Waals surface area contributed by atoms with Gasteiger partial charge in [-0.1, -0.05) is 89.6 Å². The summed E-state index contributed by atoms with van der Waals surface area (Å²) in [6.45, 7) is 5.46. The van der Waals surface area contributed by atoms with Gasteiger partial charge in [0.25, 0.3) is 0 Å². The van der Waals surface area contributed by atoms with Crippen LogP contribution in [-0.2, 0) is 11.2 Å². The van der Waals surface area contributed by atoms with Gasteiger partial charge in [0.05, 0.1) is 23.7 Å². The van der Waals surface area contributed by atoms with Gasteiger partial charge in [0, 0.05) is 34.6 Å². The average Bonchev–Trinajstić information content (AvgIpc) is 2.93. The number of carbonyl (C=O) groups excluding carboxylic acids is 1. The van der Waals surface area contributed by atoms with Crippen molar-refractivity contribution in [2.75, 3.05) is 45.3 Å². The van der Waals surface area contributed by atoms with E-state index in [1.165, 1.54) is 11.3 Å². The number of likely N-dealkylation sites (N-methyl/N-ethyl adjacent to an activating group) is 1. The van der Waals surface area contributed by atoms with Crippen LogP contribution in [0.1, 0.15) is 40.7 Å². The molecular weight excluding hydrogens is 592 g/mol. The van der Waals surface area contributed by atoms with Crippen molar-refractivity contribution in [1.82, 2.24) is 4.90 Å². The summed E-state index contributed by atoms with van der Waals surface area (Å²) in [6, 6.07) is 26.9. The highest BCUT2D eigenvalue weighted by Crippen LogP contribution is 2.45. The Balaban J connectivity index is 1.82. The third-order valence-electron chi connectivity index (χ3n) is 7.72. The van der Waals surface area contributed by atoms with Gasteiger partial charge in [0.2, 0.25) is 0 Å². The average molecular weight is 628 g/mol. The third kappa shape index (κ3) is 6.19. The maximum atomic E-state index is 13.9. The molecule has 1 aliphatic rings. The van der Waals surface area contributed by atoms with E-state index in [1.54, 1.807) is 0 Å². The molecule has 0 N–H and O–H groups in total. The number of morpholine rings is 1. The molecule has 3 unspecified atom stereocenters. The topological polar surface area (TPSA) is 32.8 Å². The summed E-state index contributed by atoms with van der Waals surface area (Å²) in [5.41, 5.74) is 3.99. The van der Waals surface area contributed by atoms with Crippen LogP contribution in [0.5, 0.6) is 0 Å². The number of ketones is 1. The normalized spacial score (nSPS) is 17.3. The highest BCUT2D eigenvalue weighted by atomic mass is 79.9.